The van der Waals surface area contributed by atoms with Gasteiger partial charge in [-0.3, -0.25) is 9.36 Å². The topological polar surface area (TPSA) is 69.0 Å². The Bertz CT molecular complexity index is 1030. The molecule has 8 heteroatoms. The summed E-state index contributed by atoms with van der Waals surface area (Å²) in [4.78, 5) is 12.4. The highest BCUT2D eigenvalue weighted by molar-refractivity contribution is 7.99. The molecule has 1 amide bonds. The van der Waals surface area contributed by atoms with E-state index >= 15 is 0 Å². The first-order valence-electron chi connectivity index (χ1n) is 9.38. The number of halogens is 1. The van der Waals surface area contributed by atoms with Gasteiger partial charge in [-0.15, -0.1) is 16.8 Å². The van der Waals surface area contributed by atoms with Gasteiger partial charge < -0.3 is 10.1 Å². The number of hydrogen-bond acceptors (Lipinski definition) is 5. The normalized spacial score (nSPS) is 10.6. The van der Waals surface area contributed by atoms with Crippen molar-refractivity contribution in [3.8, 4) is 5.75 Å². The molecule has 1 aromatic heterocycles. The van der Waals surface area contributed by atoms with Gasteiger partial charge in [0.05, 0.1) is 16.5 Å². The highest BCUT2D eigenvalue weighted by Crippen LogP contribution is 2.26. The van der Waals surface area contributed by atoms with Gasteiger partial charge in [0.1, 0.15) is 12.4 Å². The first-order chi connectivity index (χ1) is 14.5. The molecule has 1 heterocycles. The Hall–Kier alpha value is -2.77. The molecule has 0 aliphatic rings. The summed E-state index contributed by atoms with van der Waals surface area (Å²) in [6, 6.07) is 13.3. The van der Waals surface area contributed by atoms with Gasteiger partial charge in [-0.05, 0) is 37.6 Å². The number of rotatable bonds is 9. The summed E-state index contributed by atoms with van der Waals surface area (Å²) in [5.74, 6) is 1.44. The number of carbonyl (C=O) groups is 1. The summed E-state index contributed by atoms with van der Waals surface area (Å²) in [7, 11) is 0. The lowest BCUT2D eigenvalue weighted by Gasteiger charge is -2.10. The largest absolute Gasteiger partial charge is 0.486 e. The first kappa shape index (κ1) is 21.9. The number of nitrogens with zero attached hydrogens (tertiary/aromatic N) is 3. The number of hydrogen-bond donors (Lipinski definition) is 1. The van der Waals surface area contributed by atoms with Gasteiger partial charge in [0.2, 0.25) is 5.91 Å². The van der Waals surface area contributed by atoms with Gasteiger partial charge in [0, 0.05) is 6.54 Å². The van der Waals surface area contributed by atoms with Crippen molar-refractivity contribution in [2.75, 3.05) is 11.1 Å². The Kier molecular flexibility index (Phi) is 7.54. The van der Waals surface area contributed by atoms with Crippen LogP contribution in [0.1, 0.15) is 17.0 Å². The third kappa shape index (κ3) is 5.64. The summed E-state index contributed by atoms with van der Waals surface area (Å²) in [5, 5.41) is 12.4. The van der Waals surface area contributed by atoms with Gasteiger partial charge in [0.15, 0.2) is 11.0 Å². The summed E-state index contributed by atoms with van der Waals surface area (Å²) < 4.78 is 7.70. The van der Waals surface area contributed by atoms with E-state index in [1.165, 1.54) is 17.3 Å². The Morgan fingerprint density at radius 2 is 2.00 bits per heavy atom. The molecule has 3 aromatic rings. The van der Waals surface area contributed by atoms with Crippen LogP contribution in [-0.4, -0.2) is 26.4 Å². The van der Waals surface area contributed by atoms with E-state index in [1.807, 2.05) is 54.8 Å². The molecule has 0 aliphatic heterocycles. The minimum Gasteiger partial charge on any atom is -0.486 e. The van der Waals surface area contributed by atoms with Crippen LogP contribution < -0.4 is 10.1 Å². The molecule has 0 spiro atoms. The number of aryl methyl sites for hydroxylation is 2. The molecular formula is C22H23ClN4O2S. The molecule has 0 atom stereocenters. The number of benzene rings is 2. The number of nitrogens with one attached hydrogen (secondary N) is 1. The third-order valence-electron chi connectivity index (χ3n) is 4.29. The molecule has 0 saturated heterocycles. The van der Waals surface area contributed by atoms with Crippen LogP contribution in [0.4, 0.5) is 5.69 Å². The molecule has 0 aliphatic carbocycles. The van der Waals surface area contributed by atoms with Gasteiger partial charge in [-0.25, -0.2) is 0 Å². The lowest BCUT2D eigenvalue weighted by atomic mass is 10.2. The summed E-state index contributed by atoms with van der Waals surface area (Å²) in [6.45, 7) is 8.51. The van der Waals surface area contributed by atoms with E-state index in [2.05, 4.69) is 22.1 Å². The SMILES string of the molecule is C=CCn1c(COc2ccc(C)cc2)nnc1SCC(=O)Nc1cccc(C)c1Cl. The number of allylic oxidation sites excluding steroid dienone is 1. The van der Waals surface area contributed by atoms with Gasteiger partial charge in [-0.2, -0.15) is 0 Å². The first-order valence-corrected chi connectivity index (χ1v) is 10.7. The van der Waals surface area contributed by atoms with Crippen molar-refractivity contribution >= 4 is 35.0 Å². The van der Waals surface area contributed by atoms with E-state index in [0.717, 1.165) is 11.3 Å². The summed E-state index contributed by atoms with van der Waals surface area (Å²) in [5.41, 5.74) is 2.68. The second-order valence-electron chi connectivity index (χ2n) is 6.67. The predicted molar refractivity (Wildman–Crippen MR) is 121 cm³/mol. The molecule has 0 radical (unpaired) electrons. The molecule has 3 rings (SSSR count). The van der Waals surface area contributed by atoms with Crippen molar-refractivity contribution in [1.29, 1.82) is 0 Å². The molecule has 30 heavy (non-hydrogen) atoms. The molecule has 2 aromatic carbocycles. The third-order valence-corrected chi connectivity index (χ3v) is 5.76. The maximum absolute atomic E-state index is 12.4. The molecule has 0 bridgehead atoms. The molecule has 156 valence electrons. The second kappa shape index (κ2) is 10.3. The summed E-state index contributed by atoms with van der Waals surface area (Å²) in [6.07, 6.45) is 1.76. The van der Waals surface area contributed by atoms with Crippen molar-refractivity contribution in [1.82, 2.24) is 14.8 Å². The highest BCUT2D eigenvalue weighted by atomic mass is 35.5. The van der Waals surface area contributed by atoms with E-state index in [0.29, 0.717) is 28.2 Å². The van der Waals surface area contributed by atoms with Gasteiger partial charge >= 0.3 is 0 Å². The Labute approximate surface area is 185 Å². The van der Waals surface area contributed by atoms with Crippen LogP contribution in [0.3, 0.4) is 0 Å². The zero-order valence-corrected chi connectivity index (χ0v) is 18.5. The van der Waals surface area contributed by atoms with E-state index in [4.69, 9.17) is 16.3 Å². The van der Waals surface area contributed by atoms with Crippen molar-refractivity contribution in [3.63, 3.8) is 0 Å². The van der Waals surface area contributed by atoms with Crippen LogP contribution in [0.15, 0.2) is 60.3 Å². The fourth-order valence-electron chi connectivity index (χ4n) is 2.69. The molecule has 6 nitrogen and oxygen atoms in total. The van der Waals surface area contributed by atoms with Crippen molar-refractivity contribution < 1.29 is 9.53 Å². The molecule has 1 N–H and O–H groups in total. The number of carbonyl (C=O) groups excluding carboxylic acids is 1. The Morgan fingerprint density at radius 1 is 1.23 bits per heavy atom. The second-order valence-corrected chi connectivity index (χ2v) is 7.99. The van der Waals surface area contributed by atoms with Crippen LogP contribution in [0, 0.1) is 13.8 Å². The average Bonchev–Trinajstić information content (AvgIpc) is 3.11. The smallest absolute Gasteiger partial charge is 0.234 e. The maximum Gasteiger partial charge on any atom is 0.234 e. The lowest BCUT2D eigenvalue weighted by molar-refractivity contribution is -0.113. The van der Waals surface area contributed by atoms with Crippen molar-refractivity contribution in [2.24, 2.45) is 0 Å². The minimum absolute atomic E-state index is 0.168. The fourth-order valence-corrected chi connectivity index (χ4v) is 3.63. The zero-order valence-electron chi connectivity index (χ0n) is 16.9. The van der Waals surface area contributed by atoms with E-state index in [-0.39, 0.29) is 18.3 Å². The quantitative estimate of drug-likeness (QED) is 0.371. The summed E-state index contributed by atoms with van der Waals surface area (Å²) >= 11 is 7.54. The molecule has 0 saturated carbocycles. The predicted octanol–water partition coefficient (Wildman–Crippen LogP) is 5.04. The van der Waals surface area contributed by atoms with Gasteiger partial charge in [-0.1, -0.05) is 59.3 Å². The highest BCUT2D eigenvalue weighted by Gasteiger charge is 2.15. The number of anilines is 1. The molecular weight excluding hydrogens is 420 g/mol. The average molecular weight is 443 g/mol. The van der Waals surface area contributed by atoms with E-state index < -0.39 is 0 Å². The Morgan fingerprint density at radius 3 is 2.73 bits per heavy atom. The van der Waals surface area contributed by atoms with Crippen LogP contribution >= 0.6 is 23.4 Å². The van der Waals surface area contributed by atoms with Gasteiger partial charge in [0.25, 0.3) is 0 Å². The van der Waals surface area contributed by atoms with E-state index in [9.17, 15) is 4.79 Å². The minimum atomic E-state index is -0.168. The monoisotopic (exact) mass is 442 g/mol. The van der Waals surface area contributed by atoms with Crippen LogP contribution in [0.5, 0.6) is 5.75 Å². The maximum atomic E-state index is 12.4. The lowest BCUT2D eigenvalue weighted by Crippen LogP contribution is -2.15. The molecule has 0 fully saturated rings. The number of amides is 1. The van der Waals surface area contributed by atoms with E-state index in [1.54, 1.807) is 12.1 Å². The number of thioether (sulfide) groups is 1. The van der Waals surface area contributed by atoms with Crippen LogP contribution in [0.25, 0.3) is 0 Å². The molecule has 0 unspecified atom stereocenters. The number of ether oxygens (including phenoxy) is 1. The van der Waals surface area contributed by atoms with Crippen LogP contribution in [-0.2, 0) is 17.9 Å². The van der Waals surface area contributed by atoms with Crippen molar-refractivity contribution in [3.05, 3.63) is 77.1 Å². The van der Waals surface area contributed by atoms with Crippen LogP contribution in [0.2, 0.25) is 5.02 Å². The van der Waals surface area contributed by atoms with Crippen molar-refractivity contribution in [2.45, 2.75) is 32.2 Å². The Balaban J connectivity index is 1.62. The zero-order chi connectivity index (χ0) is 21.5. The fraction of sp³-hybridized carbons (Fsp3) is 0.227. The number of aromatic nitrogens is 3. The standard InChI is InChI=1S/C22H23ClN4O2S/c1-4-12-27-19(13-29-17-10-8-15(2)9-11-17)25-26-22(27)30-14-20(28)24-18-7-5-6-16(3)21(18)23/h4-11H,1,12-14H2,2-3H3,(H,24,28).